The van der Waals surface area contributed by atoms with Crippen molar-refractivity contribution < 1.29 is 0 Å². The lowest BCUT2D eigenvalue weighted by Gasteiger charge is -2.15. The van der Waals surface area contributed by atoms with E-state index in [4.69, 9.17) is 0 Å². The summed E-state index contributed by atoms with van der Waals surface area (Å²) < 4.78 is 0. The largest absolute Gasteiger partial charge is 0.347 e. The molecular weight excluding hydrogens is 230 g/mol. The van der Waals surface area contributed by atoms with Crippen LogP contribution in [0.25, 0.3) is 0 Å². The Morgan fingerprint density at radius 3 is 2.53 bits per heavy atom. The van der Waals surface area contributed by atoms with Crippen molar-refractivity contribution >= 4 is 17.3 Å². The second kappa shape index (κ2) is 5.27. The molecule has 2 heterocycles. The Hall–Kier alpha value is -1.42. The van der Waals surface area contributed by atoms with Crippen LogP contribution in [0.2, 0.25) is 0 Å². The normalized spacial score (nSPS) is 12.4. The lowest BCUT2D eigenvalue weighted by atomic mass is 10.2. The van der Waals surface area contributed by atoms with Gasteiger partial charge in [-0.2, -0.15) is 0 Å². The number of hydrogen-bond acceptors (Lipinski definition) is 4. The molecule has 0 spiro atoms. The van der Waals surface area contributed by atoms with Crippen molar-refractivity contribution in [3.63, 3.8) is 0 Å². The highest BCUT2D eigenvalue weighted by atomic mass is 32.1. The summed E-state index contributed by atoms with van der Waals surface area (Å²) in [4.78, 5) is 10.2. The Morgan fingerprint density at radius 2 is 2.00 bits per heavy atom. The number of aromatic nitrogens is 2. The fraction of sp³-hybridized carbons (Fsp3) is 0.385. The van der Waals surface area contributed by atoms with Gasteiger partial charge in [0.15, 0.2) is 0 Å². The standard InChI is InChI=1S/C13H17N3S/c1-4-11(12-6-5-7-17-12)16-13-14-9(2)8-10(3)15-13/h5-8,11H,4H2,1-3H3,(H,14,15,16). The first-order valence-corrected chi connectivity index (χ1v) is 6.69. The minimum Gasteiger partial charge on any atom is -0.347 e. The van der Waals surface area contributed by atoms with E-state index in [0.717, 1.165) is 23.8 Å². The third kappa shape index (κ3) is 3.03. The Labute approximate surface area is 106 Å². The number of nitrogens with zero attached hydrogens (tertiary/aromatic N) is 2. The molecule has 0 aromatic carbocycles. The van der Waals surface area contributed by atoms with Gasteiger partial charge >= 0.3 is 0 Å². The maximum atomic E-state index is 4.41. The van der Waals surface area contributed by atoms with Crippen LogP contribution in [0, 0.1) is 13.8 Å². The van der Waals surface area contributed by atoms with E-state index in [1.807, 2.05) is 19.9 Å². The second-order valence-corrected chi connectivity index (χ2v) is 5.07. The van der Waals surface area contributed by atoms with E-state index in [1.165, 1.54) is 4.88 Å². The monoisotopic (exact) mass is 247 g/mol. The smallest absolute Gasteiger partial charge is 0.223 e. The molecule has 0 saturated carbocycles. The summed E-state index contributed by atoms with van der Waals surface area (Å²) in [7, 11) is 0. The number of thiophene rings is 1. The molecule has 0 fully saturated rings. The van der Waals surface area contributed by atoms with Gasteiger partial charge in [0.2, 0.25) is 5.95 Å². The quantitative estimate of drug-likeness (QED) is 0.894. The van der Waals surface area contributed by atoms with Crippen molar-refractivity contribution in [2.75, 3.05) is 5.32 Å². The SMILES string of the molecule is CCC(Nc1nc(C)cc(C)n1)c1cccs1. The molecule has 2 rings (SSSR count). The van der Waals surface area contributed by atoms with Gasteiger partial charge in [-0.3, -0.25) is 0 Å². The molecule has 2 aromatic heterocycles. The van der Waals surface area contributed by atoms with Crippen molar-refractivity contribution in [1.29, 1.82) is 0 Å². The molecule has 0 saturated heterocycles. The summed E-state index contributed by atoms with van der Waals surface area (Å²) in [6, 6.07) is 6.51. The highest BCUT2D eigenvalue weighted by Crippen LogP contribution is 2.24. The number of aryl methyl sites for hydroxylation is 2. The van der Waals surface area contributed by atoms with E-state index in [2.05, 4.69) is 39.7 Å². The first-order chi connectivity index (χ1) is 8.19. The molecule has 90 valence electrons. The van der Waals surface area contributed by atoms with Gasteiger partial charge < -0.3 is 5.32 Å². The first kappa shape index (κ1) is 12.0. The van der Waals surface area contributed by atoms with Crippen molar-refractivity contribution in [2.45, 2.75) is 33.2 Å². The van der Waals surface area contributed by atoms with Crippen molar-refractivity contribution in [3.8, 4) is 0 Å². The summed E-state index contributed by atoms with van der Waals surface area (Å²) in [5.41, 5.74) is 2.00. The average Bonchev–Trinajstić information content (AvgIpc) is 2.77. The van der Waals surface area contributed by atoms with Crippen LogP contribution >= 0.6 is 11.3 Å². The van der Waals surface area contributed by atoms with E-state index < -0.39 is 0 Å². The zero-order valence-corrected chi connectivity index (χ0v) is 11.2. The molecule has 0 radical (unpaired) electrons. The molecule has 0 aliphatic heterocycles. The zero-order valence-electron chi connectivity index (χ0n) is 10.4. The molecule has 2 aromatic rings. The minimum atomic E-state index is 0.302. The van der Waals surface area contributed by atoms with Gasteiger partial charge in [0.25, 0.3) is 0 Å². The van der Waals surface area contributed by atoms with Crippen LogP contribution in [0.3, 0.4) is 0 Å². The van der Waals surface area contributed by atoms with E-state index in [9.17, 15) is 0 Å². The van der Waals surface area contributed by atoms with E-state index >= 15 is 0 Å². The molecule has 3 nitrogen and oxygen atoms in total. The van der Waals surface area contributed by atoms with Gasteiger partial charge in [-0.25, -0.2) is 9.97 Å². The van der Waals surface area contributed by atoms with Crippen LogP contribution in [0.4, 0.5) is 5.95 Å². The molecule has 0 aliphatic carbocycles. The van der Waals surface area contributed by atoms with Crippen molar-refractivity contribution in [2.24, 2.45) is 0 Å². The Bertz CT molecular complexity index is 459. The summed E-state index contributed by atoms with van der Waals surface area (Å²) in [6.45, 7) is 6.15. The van der Waals surface area contributed by atoms with Gasteiger partial charge in [0.1, 0.15) is 0 Å². The second-order valence-electron chi connectivity index (χ2n) is 4.09. The van der Waals surface area contributed by atoms with Gasteiger partial charge in [0, 0.05) is 16.3 Å². The molecule has 1 unspecified atom stereocenters. The van der Waals surface area contributed by atoms with Crippen molar-refractivity contribution in [1.82, 2.24) is 9.97 Å². The number of anilines is 1. The summed E-state index contributed by atoms with van der Waals surface area (Å²) in [5, 5.41) is 5.50. The van der Waals surface area contributed by atoms with Crippen LogP contribution in [0.1, 0.15) is 35.7 Å². The molecular formula is C13H17N3S. The predicted molar refractivity (Wildman–Crippen MR) is 72.5 cm³/mol. The first-order valence-electron chi connectivity index (χ1n) is 5.81. The fourth-order valence-electron chi connectivity index (χ4n) is 1.81. The van der Waals surface area contributed by atoms with Crippen LogP contribution in [-0.4, -0.2) is 9.97 Å². The average molecular weight is 247 g/mol. The van der Waals surface area contributed by atoms with Crippen LogP contribution in [0.15, 0.2) is 23.6 Å². The number of hydrogen-bond donors (Lipinski definition) is 1. The van der Waals surface area contributed by atoms with E-state index in [1.54, 1.807) is 11.3 Å². The van der Waals surface area contributed by atoms with Crippen LogP contribution in [0.5, 0.6) is 0 Å². The fourth-order valence-corrected chi connectivity index (χ4v) is 2.67. The lowest BCUT2D eigenvalue weighted by Crippen LogP contribution is -2.11. The van der Waals surface area contributed by atoms with Gasteiger partial charge in [-0.1, -0.05) is 13.0 Å². The molecule has 0 bridgehead atoms. The molecule has 0 aliphatic rings. The molecule has 1 N–H and O–H groups in total. The molecule has 1 atom stereocenters. The van der Waals surface area contributed by atoms with Crippen LogP contribution in [-0.2, 0) is 0 Å². The van der Waals surface area contributed by atoms with Gasteiger partial charge in [0.05, 0.1) is 6.04 Å². The van der Waals surface area contributed by atoms with Crippen LogP contribution < -0.4 is 5.32 Å². The number of nitrogens with one attached hydrogen (secondary N) is 1. The van der Waals surface area contributed by atoms with Gasteiger partial charge in [-0.05, 0) is 37.8 Å². The van der Waals surface area contributed by atoms with E-state index in [0.29, 0.717) is 6.04 Å². The molecule has 0 amide bonds. The maximum Gasteiger partial charge on any atom is 0.223 e. The highest BCUT2D eigenvalue weighted by molar-refractivity contribution is 7.10. The third-order valence-corrected chi connectivity index (χ3v) is 3.57. The highest BCUT2D eigenvalue weighted by Gasteiger charge is 2.11. The van der Waals surface area contributed by atoms with Crippen molar-refractivity contribution in [3.05, 3.63) is 39.8 Å². The Balaban J connectivity index is 2.18. The predicted octanol–water partition coefficient (Wildman–Crippen LogP) is 3.72. The Kier molecular flexibility index (Phi) is 3.74. The number of rotatable bonds is 4. The van der Waals surface area contributed by atoms with E-state index in [-0.39, 0.29) is 0 Å². The third-order valence-electron chi connectivity index (χ3n) is 2.58. The lowest BCUT2D eigenvalue weighted by molar-refractivity contribution is 0.749. The summed E-state index contributed by atoms with van der Waals surface area (Å²) in [6.07, 6.45) is 1.02. The minimum absolute atomic E-state index is 0.302. The van der Waals surface area contributed by atoms with Gasteiger partial charge in [-0.15, -0.1) is 11.3 Å². The topological polar surface area (TPSA) is 37.8 Å². The summed E-state index contributed by atoms with van der Waals surface area (Å²) in [5.74, 6) is 0.725. The molecule has 17 heavy (non-hydrogen) atoms. The zero-order chi connectivity index (χ0) is 12.3. The summed E-state index contributed by atoms with van der Waals surface area (Å²) >= 11 is 1.77. The molecule has 4 heteroatoms. The maximum absolute atomic E-state index is 4.41. The Morgan fingerprint density at radius 1 is 1.29 bits per heavy atom.